The van der Waals surface area contributed by atoms with Crippen LogP contribution in [-0.2, 0) is 6.54 Å². The lowest BCUT2D eigenvalue weighted by atomic mass is 10.1. The molecule has 12 heteroatoms. The maximum absolute atomic E-state index is 14.1. The fourth-order valence-corrected chi connectivity index (χ4v) is 3.84. The number of hydrogen-bond donors (Lipinski definition) is 1. The van der Waals surface area contributed by atoms with Crippen molar-refractivity contribution in [1.82, 2.24) is 24.4 Å². The van der Waals surface area contributed by atoms with Crippen LogP contribution in [0.2, 0.25) is 5.02 Å². The third-order valence-corrected chi connectivity index (χ3v) is 5.73. The normalized spacial score (nSPS) is 11.4. The van der Waals surface area contributed by atoms with E-state index in [9.17, 15) is 22.4 Å². The molecule has 1 amide bonds. The van der Waals surface area contributed by atoms with Gasteiger partial charge in [0.2, 0.25) is 0 Å². The van der Waals surface area contributed by atoms with Gasteiger partial charge in [0.05, 0.1) is 18.4 Å². The quantitative estimate of drug-likeness (QED) is 0.292. The molecule has 1 N–H and O–H groups in total. The predicted molar refractivity (Wildman–Crippen MR) is 124 cm³/mol. The molecule has 5 aromatic rings. The molecule has 0 saturated carbocycles. The van der Waals surface area contributed by atoms with Gasteiger partial charge in [0, 0.05) is 28.4 Å². The Balaban J connectivity index is 1.44. The highest BCUT2D eigenvalue weighted by molar-refractivity contribution is 6.31. The zero-order valence-corrected chi connectivity index (χ0v) is 18.9. The van der Waals surface area contributed by atoms with E-state index in [0.717, 1.165) is 16.8 Å². The maximum atomic E-state index is 14.1. The van der Waals surface area contributed by atoms with Crippen LogP contribution >= 0.6 is 11.6 Å². The lowest BCUT2D eigenvalue weighted by molar-refractivity contribution is 0.102. The number of rotatable bonds is 6. The lowest BCUT2D eigenvalue weighted by Crippen LogP contribution is -2.14. The van der Waals surface area contributed by atoms with E-state index in [0.29, 0.717) is 5.56 Å². The van der Waals surface area contributed by atoms with Gasteiger partial charge in [-0.1, -0.05) is 17.7 Å². The summed E-state index contributed by atoms with van der Waals surface area (Å²) in [5.41, 5.74) is 0.0799. The molecule has 2 aromatic carbocycles. The average molecular weight is 515 g/mol. The molecular formula is C24H15ClF4N6O. The summed E-state index contributed by atoms with van der Waals surface area (Å²) in [5.74, 6) is -1.54. The van der Waals surface area contributed by atoms with Crippen LogP contribution in [0, 0.1) is 11.6 Å². The van der Waals surface area contributed by atoms with E-state index >= 15 is 0 Å². The van der Waals surface area contributed by atoms with E-state index in [1.54, 1.807) is 6.07 Å². The number of benzene rings is 2. The van der Waals surface area contributed by atoms with E-state index in [1.165, 1.54) is 53.3 Å². The summed E-state index contributed by atoms with van der Waals surface area (Å²) in [6.07, 6.45) is -0.269. The van der Waals surface area contributed by atoms with Crippen molar-refractivity contribution >= 4 is 29.0 Å². The van der Waals surface area contributed by atoms with Crippen molar-refractivity contribution < 1.29 is 22.4 Å². The molecule has 3 aromatic heterocycles. The number of anilines is 1. The minimum atomic E-state index is -2.91. The van der Waals surface area contributed by atoms with Crippen molar-refractivity contribution in [2.24, 2.45) is 0 Å². The van der Waals surface area contributed by atoms with Crippen LogP contribution < -0.4 is 5.32 Å². The van der Waals surface area contributed by atoms with Crippen LogP contribution in [0.25, 0.3) is 16.9 Å². The first-order valence-electron chi connectivity index (χ1n) is 10.5. The number of nitrogens with zero attached hydrogens (tertiary/aromatic N) is 5. The van der Waals surface area contributed by atoms with E-state index in [-0.39, 0.29) is 39.9 Å². The summed E-state index contributed by atoms with van der Waals surface area (Å²) < 4.78 is 57.2. The first-order chi connectivity index (χ1) is 17.3. The van der Waals surface area contributed by atoms with Gasteiger partial charge in [-0.25, -0.2) is 27.1 Å². The fourth-order valence-electron chi connectivity index (χ4n) is 3.62. The van der Waals surface area contributed by atoms with Crippen molar-refractivity contribution in [3.05, 3.63) is 100 Å². The van der Waals surface area contributed by atoms with Gasteiger partial charge in [-0.2, -0.15) is 10.2 Å². The molecule has 0 radical (unpaired) electrons. The number of halogens is 5. The molecule has 0 bridgehead atoms. The zero-order valence-electron chi connectivity index (χ0n) is 18.2. The van der Waals surface area contributed by atoms with Crippen molar-refractivity contribution in [1.29, 1.82) is 0 Å². The van der Waals surface area contributed by atoms with Crippen LogP contribution in [0.3, 0.4) is 0 Å². The fraction of sp³-hybridized carbons (Fsp3) is 0.0833. The molecule has 0 fully saturated rings. The summed E-state index contributed by atoms with van der Waals surface area (Å²) in [4.78, 5) is 17.3. The molecule has 0 aliphatic heterocycles. The largest absolute Gasteiger partial charge is 0.305 e. The second-order valence-electron chi connectivity index (χ2n) is 7.72. The third-order valence-electron chi connectivity index (χ3n) is 5.37. The van der Waals surface area contributed by atoms with E-state index in [2.05, 4.69) is 20.5 Å². The molecule has 0 atom stereocenters. The van der Waals surface area contributed by atoms with Crippen molar-refractivity contribution in [2.45, 2.75) is 13.0 Å². The van der Waals surface area contributed by atoms with Crippen LogP contribution in [0.1, 0.15) is 28.0 Å². The maximum Gasteiger partial charge on any atom is 0.280 e. The Morgan fingerprint density at radius 2 is 1.86 bits per heavy atom. The van der Waals surface area contributed by atoms with Crippen molar-refractivity contribution in [3.63, 3.8) is 0 Å². The molecule has 0 unspecified atom stereocenters. The minimum Gasteiger partial charge on any atom is -0.305 e. The topological polar surface area (TPSA) is 77.1 Å². The van der Waals surface area contributed by atoms with Gasteiger partial charge in [0.15, 0.2) is 11.5 Å². The Morgan fingerprint density at radius 1 is 1.08 bits per heavy atom. The molecule has 5 rings (SSSR count). The van der Waals surface area contributed by atoms with Crippen LogP contribution in [0.15, 0.2) is 67.0 Å². The summed E-state index contributed by atoms with van der Waals surface area (Å²) in [7, 11) is 0. The summed E-state index contributed by atoms with van der Waals surface area (Å²) in [6.45, 7) is 0.0262. The number of nitrogens with one attached hydrogen (secondary N) is 1. The highest BCUT2D eigenvalue weighted by Crippen LogP contribution is 2.27. The summed E-state index contributed by atoms with van der Waals surface area (Å²) in [6, 6.07) is 12.1. The van der Waals surface area contributed by atoms with Crippen LogP contribution in [-0.4, -0.2) is 30.3 Å². The van der Waals surface area contributed by atoms with Gasteiger partial charge in [-0.3, -0.25) is 9.48 Å². The molecular weight excluding hydrogens is 500 g/mol. The summed E-state index contributed by atoms with van der Waals surface area (Å²) in [5, 5.41) is 10.9. The lowest BCUT2D eigenvalue weighted by Gasteiger charge is -2.08. The summed E-state index contributed by atoms with van der Waals surface area (Å²) >= 11 is 6.05. The van der Waals surface area contributed by atoms with Crippen LogP contribution in [0.5, 0.6) is 0 Å². The SMILES string of the molecule is O=C(Nc1ccn(Cc2c(F)cccc2Cl)n1)c1cnn2c(C(F)F)cc(-c3ccc(F)cc3)nc12. The molecule has 7 nitrogen and oxygen atoms in total. The predicted octanol–water partition coefficient (Wildman–Crippen LogP) is 5.76. The Kier molecular flexibility index (Phi) is 6.15. The number of hydrogen-bond acceptors (Lipinski definition) is 4. The monoisotopic (exact) mass is 514 g/mol. The third kappa shape index (κ3) is 4.52. The highest BCUT2D eigenvalue weighted by Gasteiger charge is 2.22. The Morgan fingerprint density at radius 3 is 2.58 bits per heavy atom. The smallest absolute Gasteiger partial charge is 0.280 e. The Bertz CT molecular complexity index is 1560. The Labute approximate surface area is 206 Å². The van der Waals surface area contributed by atoms with Gasteiger partial charge < -0.3 is 5.32 Å². The number of amides is 1. The first-order valence-corrected chi connectivity index (χ1v) is 10.9. The van der Waals surface area contributed by atoms with Gasteiger partial charge in [0.25, 0.3) is 12.3 Å². The number of aromatic nitrogens is 5. The first kappa shape index (κ1) is 23.5. The standard InChI is InChI=1S/C24H15ClF4N6O/c25-17-2-1-3-18(27)16(17)12-34-9-8-21(33-34)32-24(36)15-11-30-35-20(22(28)29)10-19(31-23(15)35)13-4-6-14(26)7-5-13/h1-11,22H,12H2,(H,32,33,36). The van der Waals surface area contributed by atoms with E-state index in [4.69, 9.17) is 11.6 Å². The van der Waals surface area contributed by atoms with Gasteiger partial charge in [-0.05, 0) is 42.5 Å². The van der Waals surface area contributed by atoms with Crippen molar-refractivity contribution in [2.75, 3.05) is 5.32 Å². The van der Waals surface area contributed by atoms with E-state index in [1.807, 2.05) is 0 Å². The molecule has 36 heavy (non-hydrogen) atoms. The molecule has 0 saturated heterocycles. The Hall–Kier alpha value is -4.25. The average Bonchev–Trinajstić information content (AvgIpc) is 3.48. The molecule has 0 aliphatic carbocycles. The zero-order chi connectivity index (χ0) is 25.4. The van der Waals surface area contributed by atoms with Gasteiger partial charge in [-0.15, -0.1) is 0 Å². The van der Waals surface area contributed by atoms with Crippen LogP contribution in [0.4, 0.5) is 23.4 Å². The van der Waals surface area contributed by atoms with Gasteiger partial charge >= 0.3 is 0 Å². The van der Waals surface area contributed by atoms with Crippen molar-refractivity contribution in [3.8, 4) is 11.3 Å². The molecule has 3 heterocycles. The second-order valence-corrected chi connectivity index (χ2v) is 8.13. The molecule has 0 aliphatic rings. The second kappa shape index (κ2) is 9.42. The number of fused-ring (bicyclic) bond motifs is 1. The van der Waals surface area contributed by atoms with Gasteiger partial charge in [0.1, 0.15) is 22.9 Å². The molecule has 0 spiro atoms. The highest BCUT2D eigenvalue weighted by atomic mass is 35.5. The number of alkyl halides is 2. The number of carbonyl (C=O) groups excluding carboxylic acids is 1. The molecule has 182 valence electrons. The van der Waals surface area contributed by atoms with E-state index < -0.39 is 29.7 Å². The minimum absolute atomic E-state index is 0.0262. The number of carbonyl (C=O) groups is 1.